The van der Waals surface area contributed by atoms with Crippen molar-refractivity contribution in [3.8, 4) is 0 Å². The minimum Gasteiger partial charge on any atom is -0.299 e. The lowest BCUT2D eigenvalue weighted by Crippen LogP contribution is -2.27. The van der Waals surface area contributed by atoms with Crippen LogP contribution in [-0.2, 0) is 18.3 Å². The molecule has 0 radical (unpaired) electrons. The molecule has 0 atom stereocenters. The molecule has 0 unspecified atom stereocenters. The number of ketones is 1. The van der Waals surface area contributed by atoms with E-state index in [0.29, 0.717) is 17.6 Å². The van der Waals surface area contributed by atoms with E-state index in [4.69, 9.17) is 0 Å². The zero-order chi connectivity index (χ0) is 14.2. The number of aromatic nitrogens is 2. The summed E-state index contributed by atoms with van der Waals surface area (Å²) in [7, 11) is 1.91. The maximum absolute atomic E-state index is 12.4. The molecule has 1 heterocycles. The number of hydrogen-bond donors (Lipinski definition) is 0. The van der Waals surface area contributed by atoms with E-state index in [1.165, 1.54) is 0 Å². The summed E-state index contributed by atoms with van der Waals surface area (Å²) in [5.74, 6) is 0.620. The average Bonchev–Trinajstić information content (AvgIpc) is 2.56. The van der Waals surface area contributed by atoms with Gasteiger partial charge in [-0.05, 0) is 54.0 Å². The van der Waals surface area contributed by atoms with E-state index in [1.54, 1.807) is 0 Å². The second-order valence-corrected chi connectivity index (χ2v) is 7.34. The average molecular weight is 327 g/mol. The third-order valence-corrected chi connectivity index (χ3v) is 5.43. The minimum atomic E-state index is 0.245. The van der Waals surface area contributed by atoms with Gasteiger partial charge in [0.1, 0.15) is 5.78 Å². The molecule has 1 aliphatic rings. The lowest BCUT2D eigenvalue weighted by Gasteiger charge is -2.33. The molecule has 0 amide bonds. The molecule has 0 aliphatic heterocycles. The van der Waals surface area contributed by atoms with Crippen molar-refractivity contribution in [3.63, 3.8) is 0 Å². The van der Waals surface area contributed by atoms with Crippen molar-refractivity contribution in [2.75, 3.05) is 0 Å². The van der Waals surface area contributed by atoms with Crippen LogP contribution < -0.4 is 0 Å². The van der Waals surface area contributed by atoms with Gasteiger partial charge in [0.15, 0.2) is 0 Å². The van der Waals surface area contributed by atoms with Crippen molar-refractivity contribution in [2.45, 2.75) is 52.9 Å². The Morgan fingerprint density at radius 1 is 1.42 bits per heavy atom. The first-order chi connectivity index (χ1) is 8.80. The number of nitrogens with zero attached hydrogens (tertiary/aromatic N) is 2. The van der Waals surface area contributed by atoms with Crippen LogP contribution in [0.5, 0.6) is 0 Å². The summed E-state index contributed by atoms with van der Waals surface area (Å²) in [4.78, 5) is 12.4. The zero-order valence-corrected chi connectivity index (χ0v) is 13.9. The van der Waals surface area contributed by atoms with Gasteiger partial charge in [-0.1, -0.05) is 13.8 Å². The largest absolute Gasteiger partial charge is 0.299 e. The summed E-state index contributed by atoms with van der Waals surface area (Å²) in [6.45, 7) is 6.56. The molecular weight excluding hydrogens is 304 g/mol. The first kappa shape index (κ1) is 14.8. The third-order valence-electron chi connectivity index (χ3n) is 4.40. The van der Waals surface area contributed by atoms with Crippen LogP contribution in [0.15, 0.2) is 4.47 Å². The molecule has 0 N–H and O–H groups in total. The van der Waals surface area contributed by atoms with E-state index in [0.717, 1.165) is 41.5 Å². The van der Waals surface area contributed by atoms with Gasteiger partial charge in [-0.3, -0.25) is 9.48 Å². The number of carbonyl (C=O) groups excluding carboxylic acids is 1. The van der Waals surface area contributed by atoms with Gasteiger partial charge in [0.05, 0.1) is 15.9 Å². The summed E-state index contributed by atoms with van der Waals surface area (Å²) in [5.41, 5.74) is 2.38. The standard InChI is InChI=1S/C15H23BrN2O/c1-10-14(16)12(18(4)17-10)9-13(19)11-5-7-15(2,3)8-6-11/h11H,5-9H2,1-4H3. The number of carbonyl (C=O) groups is 1. The molecule has 1 fully saturated rings. The van der Waals surface area contributed by atoms with Crippen molar-refractivity contribution in [2.24, 2.45) is 18.4 Å². The van der Waals surface area contributed by atoms with Gasteiger partial charge >= 0.3 is 0 Å². The molecule has 1 aliphatic carbocycles. The Morgan fingerprint density at radius 2 is 2.00 bits per heavy atom. The highest BCUT2D eigenvalue weighted by Gasteiger charge is 2.31. The smallest absolute Gasteiger partial charge is 0.141 e. The third kappa shape index (κ3) is 3.28. The summed E-state index contributed by atoms with van der Waals surface area (Å²) < 4.78 is 2.81. The van der Waals surface area contributed by atoms with Crippen LogP contribution in [0.3, 0.4) is 0 Å². The predicted octanol–water partition coefficient (Wildman–Crippen LogP) is 3.82. The van der Waals surface area contributed by atoms with Crippen molar-refractivity contribution in [1.82, 2.24) is 9.78 Å². The molecule has 1 saturated carbocycles. The molecular formula is C15H23BrN2O. The number of Topliss-reactive ketones (excluding diaryl/α,β-unsaturated/α-hetero) is 1. The van der Waals surface area contributed by atoms with E-state index in [2.05, 4.69) is 34.9 Å². The number of rotatable bonds is 3. The lowest BCUT2D eigenvalue weighted by atomic mass is 9.71. The van der Waals surface area contributed by atoms with Crippen LogP contribution in [-0.4, -0.2) is 15.6 Å². The summed E-state index contributed by atoms with van der Waals surface area (Å²) >= 11 is 3.54. The van der Waals surface area contributed by atoms with Gasteiger partial charge in [-0.15, -0.1) is 0 Å². The van der Waals surface area contributed by atoms with Crippen LogP contribution in [0.1, 0.15) is 50.9 Å². The summed E-state index contributed by atoms with van der Waals surface area (Å²) in [6.07, 6.45) is 4.91. The first-order valence-corrected chi connectivity index (χ1v) is 7.80. The van der Waals surface area contributed by atoms with E-state index < -0.39 is 0 Å². The molecule has 1 aromatic heterocycles. The van der Waals surface area contributed by atoms with Crippen molar-refractivity contribution in [3.05, 3.63) is 15.9 Å². The van der Waals surface area contributed by atoms with Crippen molar-refractivity contribution >= 4 is 21.7 Å². The lowest BCUT2D eigenvalue weighted by molar-refractivity contribution is -0.123. The molecule has 3 nitrogen and oxygen atoms in total. The Morgan fingerprint density at radius 3 is 2.47 bits per heavy atom. The van der Waals surface area contributed by atoms with Gasteiger partial charge in [0, 0.05) is 19.4 Å². The quantitative estimate of drug-likeness (QED) is 0.846. The Kier molecular flexibility index (Phi) is 4.19. The topological polar surface area (TPSA) is 34.9 Å². The molecule has 106 valence electrons. The Hall–Kier alpha value is -0.640. The maximum atomic E-state index is 12.4. The zero-order valence-electron chi connectivity index (χ0n) is 12.3. The SMILES string of the molecule is Cc1nn(C)c(CC(=O)C2CCC(C)(C)CC2)c1Br. The van der Waals surface area contributed by atoms with Crippen LogP contribution in [0, 0.1) is 18.3 Å². The molecule has 0 bridgehead atoms. The van der Waals surface area contributed by atoms with Crippen LogP contribution in [0.2, 0.25) is 0 Å². The fraction of sp³-hybridized carbons (Fsp3) is 0.733. The molecule has 0 spiro atoms. The van der Waals surface area contributed by atoms with E-state index in [1.807, 2.05) is 18.7 Å². The number of hydrogen-bond acceptors (Lipinski definition) is 2. The highest BCUT2D eigenvalue weighted by Crippen LogP contribution is 2.38. The fourth-order valence-electron chi connectivity index (χ4n) is 2.90. The van der Waals surface area contributed by atoms with Crippen LogP contribution in [0.4, 0.5) is 0 Å². The molecule has 2 rings (SSSR count). The monoisotopic (exact) mass is 326 g/mol. The van der Waals surface area contributed by atoms with Gasteiger partial charge in [0.25, 0.3) is 0 Å². The molecule has 19 heavy (non-hydrogen) atoms. The predicted molar refractivity (Wildman–Crippen MR) is 80.1 cm³/mol. The molecule has 0 aromatic carbocycles. The second-order valence-electron chi connectivity index (χ2n) is 6.55. The van der Waals surface area contributed by atoms with Crippen LogP contribution in [0.25, 0.3) is 0 Å². The normalized spacial score (nSPS) is 19.6. The van der Waals surface area contributed by atoms with Gasteiger partial charge < -0.3 is 0 Å². The Labute approximate surface area is 123 Å². The maximum Gasteiger partial charge on any atom is 0.141 e. The molecule has 0 saturated heterocycles. The first-order valence-electron chi connectivity index (χ1n) is 7.01. The summed E-state index contributed by atoms with van der Waals surface area (Å²) in [6, 6.07) is 0. The van der Waals surface area contributed by atoms with Crippen molar-refractivity contribution in [1.29, 1.82) is 0 Å². The summed E-state index contributed by atoms with van der Waals surface area (Å²) in [5, 5.41) is 4.35. The van der Waals surface area contributed by atoms with Gasteiger partial charge in [0.2, 0.25) is 0 Å². The highest BCUT2D eigenvalue weighted by atomic mass is 79.9. The van der Waals surface area contributed by atoms with Gasteiger partial charge in [-0.2, -0.15) is 5.10 Å². The van der Waals surface area contributed by atoms with Crippen LogP contribution >= 0.6 is 15.9 Å². The second kappa shape index (κ2) is 5.39. The van der Waals surface area contributed by atoms with Gasteiger partial charge in [-0.25, -0.2) is 0 Å². The number of halogens is 1. The van der Waals surface area contributed by atoms with E-state index >= 15 is 0 Å². The molecule has 1 aromatic rings. The van der Waals surface area contributed by atoms with Crippen molar-refractivity contribution < 1.29 is 4.79 Å². The Bertz CT molecular complexity index is 481. The minimum absolute atomic E-state index is 0.245. The highest BCUT2D eigenvalue weighted by molar-refractivity contribution is 9.10. The Balaban J connectivity index is 2.02. The van der Waals surface area contributed by atoms with E-state index in [9.17, 15) is 4.79 Å². The fourth-order valence-corrected chi connectivity index (χ4v) is 3.38. The van der Waals surface area contributed by atoms with E-state index in [-0.39, 0.29) is 5.92 Å². The number of aryl methyl sites for hydroxylation is 2. The molecule has 4 heteroatoms.